The number of rotatable bonds is 1. The molecular formula is C16H19FN2OS. The monoisotopic (exact) mass is 306 g/mol. The van der Waals surface area contributed by atoms with Crippen molar-refractivity contribution in [1.82, 2.24) is 4.90 Å². The quantitative estimate of drug-likeness (QED) is 0.869. The second-order valence-corrected chi connectivity index (χ2v) is 7.01. The van der Waals surface area contributed by atoms with Crippen molar-refractivity contribution in [3.8, 4) is 0 Å². The Morgan fingerprint density at radius 1 is 1.43 bits per heavy atom. The number of hydrogen-bond donors (Lipinski definition) is 1. The lowest BCUT2D eigenvalue weighted by molar-refractivity contribution is 0.0594. The van der Waals surface area contributed by atoms with Crippen molar-refractivity contribution in [3.63, 3.8) is 0 Å². The van der Waals surface area contributed by atoms with Gasteiger partial charge in [0.05, 0.1) is 5.69 Å². The molecule has 112 valence electrons. The molecule has 1 saturated heterocycles. The number of benzene rings is 1. The predicted molar refractivity (Wildman–Crippen MR) is 85.1 cm³/mol. The van der Waals surface area contributed by atoms with Gasteiger partial charge >= 0.3 is 0 Å². The highest BCUT2D eigenvalue weighted by molar-refractivity contribution is 7.21. The maximum absolute atomic E-state index is 13.3. The van der Waals surface area contributed by atoms with Crippen LogP contribution in [0.2, 0.25) is 0 Å². The van der Waals surface area contributed by atoms with E-state index in [1.54, 1.807) is 6.07 Å². The highest BCUT2D eigenvalue weighted by Crippen LogP contribution is 2.36. The summed E-state index contributed by atoms with van der Waals surface area (Å²) in [5.41, 5.74) is 6.49. The molecule has 3 rings (SSSR count). The summed E-state index contributed by atoms with van der Waals surface area (Å²) >= 11 is 1.35. The first-order valence-electron chi connectivity index (χ1n) is 7.26. The molecule has 2 unspecified atom stereocenters. The Hall–Kier alpha value is -1.62. The second-order valence-electron chi connectivity index (χ2n) is 5.96. The molecule has 1 aliphatic rings. The minimum absolute atomic E-state index is 0.0199. The third-order valence-corrected chi connectivity index (χ3v) is 5.46. The van der Waals surface area contributed by atoms with Crippen LogP contribution in [0.3, 0.4) is 0 Å². The summed E-state index contributed by atoms with van der Waals surface area (Å²) in [4.78, 5) is 15.2. The highest BCUT2D eigenvalue weighted by atomic mass is 32.1. The van der Waals surface area contributed by atoms with Crippen molar-refractivity contribution in [3.05, 3.63) is 28.9 Å². The summed E-state index contributed by atoms with van der Waals surface area (Å²) in [6, 6.07) is 4.71. The molecule has 1 amide bonds. The Morgan fingerprint density at radius 3 is 2.90 bits per heavy atom. The second kappa shape index (κ2) is 5.30. The lowest BCUT2D eigenvalue weighted by Gasteiger charge is -2.36. The van der Waals surface area contributed by atoms with Crippen LogP contribution in [0.5, 0.6) is 0 Å². The molecule has 2 atom stereocenters. The molecule has 2 aromatic rings. The van der Waals surface area contributed by atoms with E-state index in [-0.39, 0.29) is 17.8 Å². The van der Waals surface area contributed by atoms with Crippen molar-refractivity contribution < 1.29 is 9.18 Å². The molecular weight excluding hydrogens is 287 g/mol. The molecule has 1 fully saturated rings. The van der Waals surface area contributed by atoms with Crippen LogP contribution in [0.1, 0.15) is 36.4 Å². The van der Waals surface area contributed by atoms with Gasteiger partial charge in [-0.1, -0.05) is 6.92 Å². The number of likely N-dealkylation sites (tertiary alicyclic amines) is 1. The van der Waals surface area contributed by atoms with E-state index in [1.807, 2.05) is 4.90 Å². The Bertz CT molecular complexity index is 697. The van der Waals surface area contributed by atoms with Gasteiger partial charge in [-0.3, -0.25) is 4.79 Å². The maximum atomic E-state index is 13.3. The molecule has 0 spiro atoms. The van der Waals surface area contributed by atoms with Crippen LogP contribution in [-0.2, 0) is 0 Å². The summed E-state index contributed by atoms with van der Waals surface area (Å²) in [5, 5.41) is 0.640. The topological polar surface area (TPSA) is 46.3 Å². The van der Waals surface area contributed by atoms with Gasteiger partial charge in [0, 0.05) is 22.7 Å². The van der Waals surface area contributed by atoms with Gasteiger partial charge in [-0.15, -0.1) is 11.3 Å². The van der Waals surface area contributed by atoms with E-state index in [0.717, 1.165) is 24.1 Å². The summed E-state index contributed by atoms with van der Waals surface area (Å²) in [6.45, 7) is 5.06. The third kappa shape index (κ3) is 2.50. The predicted octanol–water partition coefficient (Wildman–Crippen LogP) is 3.88. The first kappa shape index (κ1) is 14.3. The molecule has 21 heavy (non-hydrogen) atoms. The van der Waals surface area contributed by atoms with Crippen molar-refractivity contribution >= 4 is 33.0 Å². The molecule has 3 nitrogen and oxygen atoms in total. The van der Waals surface area contributed by atoms with E-state index in [4.69, 9.17) is 5.73 Å². The summed E-state index contributed by atoms with van der Waals surface area (Å²) < 4.78 is 14.2. The Kier molecular flexibility index (Phi) is 3.61. The molecule has 1 aromatic heterocycles. The SMILES string of the molecule is CC1CCN(C(=O)c2sc3ccc(F)cc3c2N)C(C)C1. The Labute approximate surface area is 127 Å². The van der Waals surface area contributed by atoms with E-state index in [1.165, 1.54) is 23.5 Å². The molecule has 1 aliphatic heterocycles. The van der Waals surface area contributed by atoms with Crippen molar-refractivity contribution in [2.45, 2.75) is 32.7 Å². The van der Waals surface area contributed by atoms with Gasteiger partial charge in [-0.05, 0) is 43.9 Å². The van der Waals surface area contributed by atoms with E-state index in [2.05, 4.69) is 13.8 Å². The van der Waals surface area contributed by atoms with E-state index < -0.39 is 0 Å². The minimum atomic E-state index is -0.328. The van der Waals surface area contributed by atoms with Crippen molar-refractivity contribution in [2.75, 3.05) is 12.3 Å². The van der Waals surface area contributed by atoms with Gasteiger partial charge < -0.3 is 10.6 Å². The molecule has 2 N–H and O–H groups in total. The number of carbonyl (C=O) groups is 1. The molecule has 0 saturated carbocycles. The largest absolute Gasteiger partial charge is 0.397 e. The number of anilines is 1. The van der Waals surface area contributed by atoms with E-state index in [0.29, 0.717) is 21.9 Å². The number of fused-ring (bicyclic) bond motifs is 1. The number of nitrogen functional groups attached to an aromatic ring is 1. The number of piperidine rings is 1. The zero-order valence-corrected chi connectivity index (χ0v) is 13.0. The van der Waals surface area contributed by atoms with Gasteiger partial charge in [-0.2, -0.15) is 0 Å². The average molecular weight is 306 g/mol. The van der Waals surface area contributed by atoms with Crippen LogP contribution in [0.25, 0.3) is 10.1 Å². The van der Waals surface area contributed by atoms with Crippen molar-refractivity contribution in [2.24, 2.45) is 5.92 Å². The number of nitrogens with two attached hydrogens (primary N) is 1. The average Bonchev–Trinajstić information content (AvgIpc) is 2.75. The fourth-order valence-corrected chi connectivity index (χ4v) is 4.15. The van der Waals surface area contributed by atoms with Crippen LogP contribution in [0.15, 0.2) is 18.2 Å². The maximum Gasteiger partial charge on any atom is 0.266 e. The zero-order valence-electron chi connectivity index (χ0n) is 12.2. The van der Waals surface area contributed by atoms with E-state index >= 15 is 0 Å². The molecule has 1 aromatic carbocycles. The molecule has 5 heteroatoms. The Morgan fingerprint density at radius 2 is 2.19 bits per heavy atom. The fraction of sp³-hybridized carbons (Fsp3) is 0.438. The van der Waals surface area contributed by atoms with Gasteiger partial charge in [-0.25, -0.2) is 4.39 Å². The smallest absolute Gasteiger partial charge is 0.266 e. The standard InChI is InChI=1S/C16H19FN2OS/c1-9-5-6-19(10(2)7-9)16(20)15-14(18)12-8-11(17)3-4-13(12)21-15/h3-4,8-10H,5-7,18H2,1-2H3. The molecule has 2 heterocycles. The molecule has 0 aliphatic carbocycles. The first-order valence-corrected chi connectivity index (χ1v) is 8.07. The lowest BCUT2D eigenvalue weighted by Crippen LogP contribution is -2.44. The number of amides is 1. The normalized spacial score (nSPS) is 22.7. The lowest BCUT2D eigenvalue weighted by atomic mass is 9.93. The van der Waals surface area contributed by atoms with Gasteiger partial charge in [0.1, 0.15) is 10.7 Å². The third-order valence-electron chi connectivity index (χ3n) is 4.28. The fourth-order valence-electron chi connectivity index (χ4n) is 3.09. The first-order chi connectivity index (χ1) is 9.97. The summed E-state index contributed by atoms with van der Waals surface area (Å²) in [7, 11) is 0. The minimum Gasteiger partial charge on any atom is -0.397 e. The van der Waals surface area contributed by atoms with Crippen LogP contribution in [-0.4, -0.2) is 23.4 Å². The van der Waals surface area contributed by atoms with Crippen LogP contribution in [0.4, 0.5) is 10.1 Å². The van der Waals surface area contributed by atoms with Gasteiger partial charge in [0.15, 0.2) is 0 Å². The number of nitrogens with zero attached hydrogens (tertiary/aromatic N) is 1. The van der Waals surface area contributed by atoms with Crippen molar-refractivity contribution in [1.29, 1.82) is 0 Å². The van der Waals surface area contributed by atoms with Crippen LogP contribution in [0, 0.1) is 11.7 Å². The Balaban J connectivity index is 1.96. The number of hydrogen-bond acceptors (Lipinski definition) is 3. The van der Waals surface area contributed by atoms with E-state index in [9.17, 15) is 9.18 Å². The summed E-state index contributed by atoms with van der Waals surface area (Å²) in [6.07, 6.45) is 2.04. The van der Waals surface area contributed by atoms with Crippen LogP contribution < -0.4 is 5.73 Å². The summed E-state index contributed by atoms with van der Waals surface area (Å²) in [5.74, 6) is 0.303. The van der Waals surface area contributed by atoms with Gasteiger partial charge in [0.2, 0.25) is 0 Å². The highest BCUT2D eigenvalue weighted by Gasteiger charge is 2.29. The zero-order chi connectivity index (χ0) is 15.1. The van der Waals surface area contributed by atoms with Gasteiger partial charge in [0.25, 0.3) is 5.91 Å². The molecule has 0 radical (unpaired) electrons. The molecule has 0 bridgehead atoms. The number of thiophene rings is 1. The van der Waals surface area contributed by atoms with Crippen LogP contribution >= 0.6 is 11.3 Å². The number of halogens is 1. The number of carbonyl (C=O) groups excluding carboxylic acids is 1.